The maximum Gasteiger partial charge on any atom is 0.269 e. The van der Waals surface area contributed by atoms with Crippen molar-refractivity contribution in [3.63, 3.8) is 0 Å². The molecule has 0 fully saturated rings. The van der Waals surface area contributed by atoms with E-state index in [0.717, 1.165) is 12.1 Å². The summed E-state index contributed by atoms with van der Waals surface area (Å²) in [4.78, 5) is 11.7. The van der Waals surface area contributed by atoms with Crippen LogP contribution in [0.4, 0.5) is 0 Å². The Labute approximate surface area is 94.6 Å². The lowest BCUT2D eigenvalue weighted by atomic mass is 10.3. The second-order valence-electron chi connectivity index (χ2n) is 3.53. The summed E-state index contributed by atoms with van der Waals surface area (Å²) >= 11 is 5.62. The smallest absolute Gasteiger partial charge is 0.269 e. The van der Waals surface area contributed by atoms with Crippen molar-refractivity contribution in [2.45, 2.75) is 26.3 Å². The van der Waals surface area contributed by atoms with E-state index in [4.69, 9.17) is 11.6 Å². The van der Waals surface area contributed by atoms with Gasteiger partial charge in [0.25, 0.3) is 5.91 Å². The van der Waals surface area contributed by atoms with Gasteiger partial charge in [0.05, 0.1) is 5.69 Å². The van der Waals surface area contributed by atoms with Crippen LogP contribution in [0.25, 0.3) is 0 Å². The molecule has 0 bridgehead atoms. The number of hydrogen-bond acceptors (Lipinski definition) is 2. The highest BCUT2D eigenvalue weighted by Crippen LogP contribution is 2.04. The van der Waals surface area contributed by atoms with Crippen molar-refractivity contribution in [2.24, 2.45) is 7.05 Å². The molecule has 0 radical (unpaired) electrons. The molecule has 0 saturated heterocycles. The van der Waals surface area contributed by atoms with Gasteiger partial charge in [-0.25, -0.2) is 0 Å². The summed E-state index contributed by atoms with van der Waals surface area (Å²) in [5.41, 5.74) is 1.49. The van der Waals surface area contributed by atoms with E-state index in [1.54, 1.807) is 17.8 Å². The Balaban J connectivity index is 2.77. The SMILES string of the molecule is CCc1cc(C(=O)NC(C)CCl)n(C)n1. The van der Waals surface area contributed by atoms with Gasteiger partial charge >= 0.3 is 0 Å². The van der Waals surface area contributed by atoms with Crippen molar-refractivity contribution in [3.05, 3.63) is 17.5 Å². The maximum atomic E-state index is 11.7. The first-order valence-corrected chi connectivity index (χ1v) is 5.51. The zero-order chi connectivity index (χ0) is 11.4. The zero-order valence-corrected chi connectivity index (χ0v) is 10.0. The fraction of sp³-hybridized carbons (Fsp3) is 0.600. The van der Waals surface area contributed by atoms with E-state index in [1.165, 1.54) is 0 Å². The summed E-state index contributed by atoms with van der Waals surface area (Å²) in [5, 5.41) is 7.00. The minimum absolute atomic E-state index is 0.0286. The van der Waals surface area contributed by atoms with Crippen LogP contribution >= 0.6 is 11.6 Å². The molecule has 0 aliphatic heterocycles. The Bertz CT molecular complexity index is 348. The van der Waals surface area contributed by atoms with Gasteiger partial charge in [0.15, 0.2) is 0 Å². The summed E-state index contributed by atoms with van der Waals surface area (Å²) in [6, 6.07) is 1.77. The molecule has 1 unspecified atom stereocenters. The Morgan fingerprint density at radius 2 is 2.40 bits per heavy atom. The normalized spacial score (nSPS) is 12.5. The van der Waals surface area contributed by atoms with Crippen molar-refractivity contribution in [1.29, 1.82) is 0 Å². The first kappa shape index (κ1) is 12.0. The van der Waals surface area contributed by atoms with Gasteiger partial charge in [-0.1, -0.05) is 6.92 Å². The third kappa shape index (κ3) is 2.96. The molecule has 1 atom stereocenters. The van der Waals surface area contributed by atoms with Crippen LogP contribution < -0.4 is 5.32 Å². The minimum atomic E-state index is -0.127. The summed E-state index contributed by atoms with van der Waals surface area (Å²) in [5.74, 6) is 0.280. The largest absolute Gasteiger partial charge is 0.347 e. The predicted molar refractivity (Wildman–Crippen MR) is 60.2 cm³/mol. The third-order valence-electron chi connectivity index (χ3n) is 2.13. The average molecular weight is 230 g/mol. The van der Waals surface area contributed by atoms with E-state index in [0.29, 0.717) is 11.6 Å². The number of aryl methyl sites for hydroxylation is 2. The van der Waals surface area contributed by atoms with Crippen molar-refractivity contribution < 1.29 is 4.79 Å². The Kier molecular flexibility index (Phi) is 4.15. The summed E-state index contributed by atoms with van der Waals surface area (Å²) < 4.78 is 1.59. The van der Waals surface area contributed by atoms with E-state index >= 15 is 0 Å². The molecule has 0 aliphatic carbocycles. The van der Waals surface area contributed by atoms with Crippen LogP contribution in [0.1, 0.15) is 30.0 Å². The first-order valence-electron chi connectivity index (χ1n) is 4.98. The van der Waals surface area contributed by atoms with Gasteiger partial charge in [0.2, 0.25) is 0 Å². The lowest BCUT2D eigenvalue weighted by molar-refractivity contribution is 0.0934. The fourth-order valence-corrected chi connectivity index (χ4v) is 1.33. The molecule has 5 heteroatoms. The molecule has 1 aromatic rings. The number of halogens is 1. The second-order valence-corrected chi connectivity index (χ2v) is 3.84. The maximum absolute atomic E-state index is 11.7. The molecule has 0 spiro atoms. The standard InChI is InChI=1S/C10H16ClN3O/c1-4-8-5-9(14(3)13-8)10(15)12-7(2)6-11/h5,7H,4,6H2,1-3H3,(H,12,15). The Hall–Kier alpha value is -1.03. The van der Waals surface area contributed by atoms with Gasteiger partial charge in [-0.05, 0) is 19.4 Å². The Morgan fingerprint density at radius 1 is 1.73 bits per heavy atom. The van der Waals surface area contributed by atoms with Crippen molar-refractivity contribution >= 4 is 17.5 Å². The number of aromatic nitrogens is 2. The number of carbonyl (C=O) groups excluding carboxylic acids is 1. The lowest BCUT2D eigenvalue weighted by Gasteiger charge is -2.09. The average Bonchev–Trinajstić information content (AvgIpc) is 2.59. The number of amides is 1. The van der Waals surface area contributed by atoms with Crippen molar-refractivity contribution in [3.8, 4) is 0 Å². The van der Waals surface area contributed by atoms with Gasteiger partial charge in [0, 0.05) is 19.0 Å². The van der Waals surface area contributed by atoms with Crippen LogP contribution in [0.5, 0.6) is 0 Å². The molecule has 4 nitrogen and oxygen atoms in total. The fourth-order valence-electron chi connectivity index (χ4n) is 1.25. The van der Waals surface area contributed by atoms with Crippen LogP contribution in [0.3, 0.4) is 0 Å². The number of nitrogens with zero attached hydrogens (tertiary/aromatic N) is 2. The quantitative estimate of drug-likeness (QED) is 0.793. The number of rotatable bonds is 4. The molecule has 15 heavy (non-hydrogen) atoms. The van der Waals surface area contributed by atoms with E-state index in [-0.39, 0.29) is 11.9 Å². The summed E-state index contributed by atoms with van der Waals surface area (Å²) in [6.07, 6.45) is 0.826. The van der Waals surface area contributed by atoms with Crippen LogP contribution in [-0.4, -0.2) is 27.6 Å². The van der Waals surface area contributed by atoms with Gasteiger partial charge in [-0.3, -0.25) is 9.48 Å². The van der Waals surface area contributed by atoms with Gasteiger partial charge in [-0.2, -0.15) is 5.10 Å². The summed E-state index contributed by atoms with van der Waals surface area (Å²) in [6.45, 7) is 3.87. The molecule has 1 heterocycles. The van der Waals surface area contributed by atoms with Crippen molar-refractivity contribution in [1.82, 2.24) is 15.1 Å². The van der Waals surface area contributed by atoms with Crippen LogP contribution in [0.15, 0.2) is 6.07 Å². The van der Waals surface area contributed by atoms with Gasteiger partial charge < -0.3 is 5.32 Å². The Morgan fingerprint density at radius 3 is 2.87 bits per heavy atom. The minimum Gasteiger partial charge on any atom is -0.347 e. The second kappa shape index (κ2) is 5.16. The van der Waals surface area contributed by atoms with E-state index < -0.39 is 0 Å². The molecule has 1 N–H and O–H groups in total. The number of carbonyl (C=O) groups is 1. The topological polar surface area (TPSA) is 46.9 Å². The predicted octanol–water partition coefficient (Wildman–Crippen LogP) is 1.34. The first-order chi connectivity index (χ1) is 7.08. The van der Waals surface area contributed by atoms with E-state index in [9.17, 15) is 4.79 Å². The number of hydrogen-bond donors (Lipinski definition) is 1. The number of alkyl halides is 1. The highest BCUT2D eigenvalue weighted by Gasteiger charge is 2.14. The van der Waals surface area contributed by atoms with Gasteiger partial charge in [0.1, 0.15) is 5.69 Å². The molecule has 1 rings (SSSR count). The molecule has 0 saturated carbocycles. The van der Waals surface area contributed by atoms with Gasteiger partial charge in [-0.15, -0.1) is 11.6 Å². The molecular formula is C10H16ClN3O. The summed E-state index contributed by atoms with van der Waals surface area (Å²) in [7, 11) is 1.76. The lowest BCUT2D eigenvalue weighted by Crippen LogP contribution is -2.34. The van der Waals surface area contributed by atoms with E-state index in [1.807, 2.05) is 13.8 Å². The molecule has 0 aliphatic rings. The number of nitrogens with one attached hydrogen (secondary N) is 1. The van der Waals surface area contributed by atoms with Crippen LogP contribution in [-0.2, 0) is 13.5 Å². The molecule has 84 valence electrons. The third-order valence-corrected chi connectivity index (χ3v) is 2.60. The monoisotopic (exact) mass is 229 g/mol. The van der Waals surface area contributed by atoms with Crippen LogP contribution in [0.2, 0.25) is 0 Å². The molecule has 1 amide bonds. The molecule has 0 aromatic carbocycles. The van der Waals surface area contributed by atoms with E-state index in [2.05, 4.69) is 10.4 Å². The van der Waals surface area contributed by atoms with Crippen LogP contribution in [0, 0.1) is 0 Å². The highest BCUT2D eigenvalue weighted by atomic mass is 35.5. The molecule has 1 aromatic heterocycles. The zero-order valence-electron chi connectivity index (χ0n) is 9.25. The molecular weight excluding hydrogens is 214 g/mol. The van der Waals surface area contributed by atoms with Crippen molar-refractivity contribution in [2.75, 3.05) is 5.88 Å². The highest BCUT2D eigenvalue weighted by molar-refractivity contribution is 6.18.